The number of nitrogens with two attached hydrogens (primary N) is 2. The first-order chi connectivity index (χ1) is 8.19. The van der Waals surface area contributed by atoms with Crippen LogP contribution in [-0.4, -0.2) is 19.1 Å². The van der Waals surface area contributed by atoms with E-state index in [-0.39, 0.29) is 5.97 Å². The van der Waals surface area contributed by atoms with Crippen LogP contribution >= 0.6 is 0 Å². The van der Waals surface area contributed by atoms with Crippen molar-refractivity contribution in [3.05, 3.63) is 29.3 Å². The van der Waals surface area contributed by atoms with Crippen molar-refractivity contribution in [1.82, 2.24) is 0 Å². The zero-order chi connectivity index (χ0) is 12.7. The number of ether oxygens (including phenoxy) is 1. The molecule has 1 aromatic rings. The van der Waals surface area contributed by atoms with E-state index in [1.807, 2.05) is 0 Å². The Balaban J connectivity index is 2.95. The lowest BCUT2D eigenvalue weighted by Gasteiger charge is -2.03. The smallest absolute Gasteiger partial charge is 0.338 e. The van der Waals surface area contributed by atoms with Gasteiger partial charge in [-0.3, -0.25) is 0 Å². The van der Waals surface area contributed by atoms with Gasteiger partial charge in [0.1, 0.15) is 0 Å². The second-order valence-electron chi connectivity index (χ2n) is 3.36. The molecule has 4 N–H and O–H groups in total. The number of carbonyl (C=O) groups excluding carboxylic acids is 1. The highest BCUT2D eigenvalue weighted by Crippen LogP contribution is 2.14. The normalized spacial score (nSPS) is 9.29. The molecule has 17 heavy (non-hydrogen) atoms. The average molecular weight is 232 g/mol. The van der Waals surface area contributed by atoms with Crippen LogP contribution in [0.3, 0.4) is 0 Å². The van der Waals surface area contributed by atoms with Crippen LogP contribution in [-0.2, 0) is 4.74 Å². The Hall–Kier alpha value is -1.99. The lowest BCUT2D eigenvalue weighted by atomic mass is 10.1. The van der Waals surface area contributed by atoms with E-state index in [4.69, 9.17) is 16.2 Å². The summed E-state index contributed by atoms with van der Waals surface area (Å²) in [5.74, 6) is 5.41. The SMILES string of the molecule is CCOC(=O)c1ccc(N)c(C#CCCN)c1. The van der Waals surface area contributed by atoms with Crippen molar-refractivity contribution < 1.29 is 9.53 Å². The fourth-order valence-electron chi connectivity index (χ4n) is 1.24. The number of anilines is 1. The molecule has 0 fully saturated rings. The van der Waals surface area contributed by atoms with Gasteiger partial charge in [-0.05, 0) is 25.1 Å². The third-order valence-corrected chi connectivity index (χ3v) is 2.06. The number of nitrogen functional groups attached to an aromatic ring is 1. The van der Waals surface area contributed by atoms with Crippen LogP contribution in [0.2, 0.25) is 0 Å². The topological polar surface area (TPSA) is 78.3 Å². The third-order valence-electron chi connectivity index (χ3n) is 2.06. The molecule has 0 aliphatic rings. The van der Waals surface area contributed by atoms with Crippen molar-refractivity contribution in [2.24, 2.45) is 5.73 Å². The molecule has 0 bridgehead atoms. The zero-order valence-electron chi connectivity index (χ0n) is 9.82. The summed E-state index contributed by atoms with van der Waals surface area (Å²) in [7, 11) is 0. The average Bonchev–Trinajstić information content (AvgIpc) is 2.32. The molecule has 90 valence electrons. The minimum atomic E-state index is -0.366. The predicted molar refractivity (Wildman–Crippen MR) is 67.4 cm³/mol. The fourth-order valence-corrected chi connectivity index (χ4v) is 1.24. The Bertz CT molecular complexity index is 458. The van der Waals surface area contributed by atoms with E-state index in [9.17, 15) is 4.79 Å². The molecule has 0 aliphatic carbocycles. The predicted octanol–water partition coefficient (Wildman–Crippen LogP) is 1.15. The summed E-state index contributed by atoms with van der Waals surface area (Å²) in [5, 5.41) is 0. The Kier molecular flexibility index (Phi) is 5.05. The van der Waals surface area contributed by atoms with Gasteiger partial charge in [0.15, 0.2) is 0 Å². The van der Waals surface area contributed by atoms with Gasteiger partial charge in [-0.1, -0.05) is 11.8 Å². The highest BCUT2D eigenvalue weighted by Gasteiger charge is 2.07. The molecular formula is C13H16N2O2. The number of carbonyl (C=O) groups is 1. The fraction of sp³-hybridized carbons (Fsp3) is 0.308. The molecule has 4 heteroatoms. The lowest BCUT2D eigenvalue weighted by molar-refractivity contribution is 0.0526. The van der Waals surface area contributed by atoms with Gasteiger partial charge in [-0.25, -0.2) is 4.79 Å². The number of rotatable bonds is 3. The van der Waals surface area contributed by atoms with E-state index in [0.29, 0.717) is 36.4 Å². The van der Waals surface area contributed by atoms with Gasteiger partial charge in [0, 0.05) is 24.2 Å². The lowest BCUT2D eigenvalue weighted by Crippen LogP contribution is -2.05. The van der Waals surface area contributed by atoms with E-state index < -0.39 is 0 Å². The Labute approximate surface area is 101 Å². The molecule has 0 saturated carbocycles. The first-order valence-corrected chi connectivity index (χ1v) is 5.44. The standard InChI is InChI=1S/C13H16N2O2/c1-2-17-13(16)11-6-7-12(15)10(9-11)5-3-4-8-14/h6-7,9H,2,4,8,14-15H2,1H3. The van der Waals surface area contributed by atoms with Crippen molar-refractivity contribution in [2.45, 2.75) is 13.3 Å². The van der Waals surface area contributed by atoms with Crippen molar-refractivity contribution in [2.75, 3.05) is 18.9 Å². The molecule has 0 atom stereocenters. The largest absolute Gasteiger partial charge is 0.462 e. The quantitative estimate of drug-likeness (QED) is 0.465. The summed E-state index contributed by atoms with van der Waals surface area (Å²) in [6.45, 7) is 2.61. The summed E-state index contributed by atoms with van der Waals surface area (Å²) in [5.41, 5.74) is 12.7. The molecule has 0 radical (unpaired) electrons. The van der Waals surface area contributed by atoms with Crippen molar-refractivity contribution in [3.63, 3.8) is 0 Å². The van der Waals surface area contributed by atoms with Gasteiger partial charge < -0.3 is 16.2 Å². The van der Waals surface area contributed by atoms with Gasteiger partial charge in [-0.2, -0.15) is 0 Å². The summed E-state index contributed by atoms with van der Waals surface area (Å²) in [6, 6.07) is 4.91. The van der Waals surface area contributed by atoms with Crippen LogP contribution in [0.1, 0.15) is 29.3 Å². The first kappa shape index (κ1) is 13.1. The van der Waals surface area contributed by atoms with Crippen molar-refractivity contribution in [1.29, 1.82) is 0 Å². The van der Waals surface area contributed by atoms with Gasteiger partial charge in [0.2, 0.25) is 0 Å². The van der Waals surface area contributed by atoms with Crippen LogP contribution in [0, 0.1) is 11.8 Å². The molecule has 0 aliphatic heterocycles. The Morgan fingerprint density at radius 3 is 2.88 bits per heavy atom. The van der Waals surface area contributed by atoms with E-state index in [1.54, 1.807) is 25.1 Å². The van der Waals surface area contributed by atoms with Gasteiger partial charge in [0.05, 0.1) is 12.2 Å². The molecular weight excluding hydrogens is 216 g/mol. The van der Waals surface area contributed by atoms with Crippen molar-refractivity contribution in [3.8, 4) is 11.8 Å². The van der Waals surface area contributed by atoms with Gasteiger partial charge >= 0.3 is 5.97 Å². The summed E-state index contributed by atoms with van der Waals surface area (Å²) in [4.78, 5) is 11.5. The van der Waals surface area contributed by atoms with E-state index in [2.05, 4.69) is 11.8 Å². The highest BCUT2D eigenvalue weighted by atomic mass is 16.5. The number of esters is 1. The van der Waals surface area contributed by atoms with Crippen LogP contribution in [0.4, 0.5) is 5.69 Å². The maximum Gasteiger partial charge on any atom is 0.338 e. The number of hydrogen-bond donors (Lipinski definition) is 2. The molecule has 0 aromatic heterocycles. The van der Waals surface area contributed by atoms with Gasteiger partial charge in [0.25, 0.3) is 0 Å². The van der Waals surface area contributed by atoms with Crippen molar-refractivity contribution >= 4 is 11.7 Å². The van der Waals surface area contributed by atoms with Gasteiger partial charge in [-0.15, -0.1) is 0 Å². The second-order valence-corrected chi connectivity index (χ2v) is 3.36. The number of benzene rings is 1. The minimum Gasteiger partial charge on any atom is -0.462 e. The summed E-state index contributed by atoms with van der Waals surface area (Å²) >= 11 is 0. The summed E-state index contributed by atoms with van der Waals surface area (Å²) in [6.07, 6.45) is 0.600. The molecule has 0 amide bonds. The van der Waals surface area contributed by atoms with E-state index >= 15 is 0 Å². The maximum absolute atomic E-state index is 11.5. The molecule has 1 rings (SSSR count). The number of hydrogen-bond acceptors (Lipinski definition) is 4. The zero-order valence-corrected chi connectivity index (χ0v) is 9.82. The minimum absolute atomic E-state index is 0.345. The molecule has 4 nitrogen and oxygen atoms in total. The highest BCUT2D eigenvalue weighted by molar-refractivity contribution is 5.90. The second kappa shape index (κ2) is 6.56. The van der Waals surface area contributed by atoms with Crippen LogP contribution < -0.4 is 11.5 Å². The van der Waals surface area contributed by atoms with Crippen LogP contribution in [0.25, 0.3) is 0 Å². The molecule has 0 heterocycles. The monoisotopic (exact) mass is 232 g/mol. The van der Waals surface area contributed by atoms with Crippen LogP contribution in [0.5, 0.6) is 0 Å². The molecule has 0 spiro atoms. The third kappa shape index (κ3) is 3.82. The molecule has 1 aromatic carbocycles. The summed E-state index contributed by atoms with van der Waals surface area (Å²) < 4.78 is 4.90. The molecule has 0 saturated heterocycles. The van der Waals surface area contributed by atoms with E-state index in [1.165, 1.54) is 0 Å². The maximum atomic E-state index is 11.5. The first-order valence-electron chi connectivity index (χ1n) is 5.44. The Morgan fingerprint density at radius 2 is 2.24 bits per heavy atom. The Morgan fingerprint density at radius 1 is 1.47 bits per heavy atom. The van der Waals surface area contributed by atoms with E-state index in [0.717, 1.165) is 0 Å². The van der Waals surface area contributed by atoms with Crippen LogP contribution in [0.15, 0.2) is 18.2 Å². The molecule has 0 unspecified atom stereocenters.